The van der Waals surface area contributed by atoms with Crippen molar-refractivity contribution in [2.24, 2.45) is 5.92 Å². The molecule has 6 heteroatoms. The number of hydrazine groups is 1. The molecule has 1 unspecified atom stereocenters. The normalized spacial score (nSPS) is 26.1. The molecular formula is C14H25N5O. The average Bonchev–Trinajstić information content (AvgIpc) is 2.48. The van der Waals surface area contributed by atoms with Gasteiger partial charge in [0.25, 0.3) is 0 Å². The molecule has 0 aliphatic carbocycles. The summed E-state index contributed by atoms with van der Waals surface area (Å²) in [7, 11) is 2.10. The first-order chi connectivity index (χ1) is 9.69. The van der Waals surface area contributed by atoms with E-state index in [9.17, 15) is 4.79 Å². The number of amides is 1. The maximum absolute atomic E-state index is 12.3. The number of likely N-dealkylation sites (N-methyl/N-ethyl adjacent to an activating group) is 1. The summed E-state index contributed by atoms with van der Waals surface area (Å²) in [5.74, 6) is 0.221. The molecule has 1 N–H and O–H groups in total. The minimum absolute atomic E-state index is 0.0714. The quantitative estimate of drug-likeness (QED) is 0.778. The number of carbonyl (C=O) groups is 1. The van der Waals surface area contributed by atoms with Crippen molar-refractivity contribution >= 4 is 5.91 Å². The lowest BCUT2D eigenvalue weighted by Crippen LogP contribution is -2.55. The molecule has 0 aromatic carbocycles. The second-order valence-corrected chi connectivity index (χ2v) is 5.81. The van der Waals surface area contributed by atoms with E-state index in [0.29, 0.717) is 6.42 Å². The minimum Gasteiger partial charge on any atom is -0.304 e. The van der Waals surface area contributed by atoms with E-state index in [0.717, 1.165) is 58.7 Å². The molecule has 20 heavy (non-hydrogen) atoms. The molecule has 2 heterocycles. The van der Waals surface area contributed by atoms with Crippen LogP contribution >= 0.6 is 0 Å². The Morgan fingerprint density at radius 1 is 1.30 bits per heavy atom. The van der Waals surface area contributed by atoms with E-state index in [1.807, 2.05) is 5.01 Å². The number of rotatable bonds is 4. The van der Waals surface area contributed by atoms with E-state index in [4.69, 9.17) is 5.26 Å². The molecule has 2 saturated heterocycles. The van der Waals surface area contributed by atoms with E-state index in [-0.39, 0.29) is 11.8 Å². The number of carbonyl (C=O) groups excluding carboxylic acids is 1. The van der Waals surface area contributed by atoms with Gasteiger partial charge >= 0.3 is 0 Å². The third-order valence-corrected chi connectivity index (χ3v) is 4.19. The number of nitrogens with zero attached hydrogens (tertiary/aromatic N) is 4. The van der Waals surface area contributed by atoms with Gasteiger partial charge in [0, 0.05) is 45.7 Å². The molecule has 6 nitrogen and oxygen atoms in total. The Bertz CT molecular complexity index is 359. The monoisotopic (exact) mass is 279 g/mol. The van der Waals surface area contributed by atoms with Crippen LogP contribution < -0.4 is 5.43 Å². The highest BCUT2D eigenvalue weighted by atomic mass is 16.2. The van der Waals surface area contributed by atoms with Crippen molar-refractivity contribution in [3.8, 4) is 6.07 Å². The number of piperidine rings is 1. The molecule has 112 valence electrons. The molecule has 0 aromatic heterocycles. The van der Waals surface area contributed by atoms with E-state index >= 15 is 0 Å². The first-order valence-corrected chi connectivity index (χ1v) is 7.52. The van der Waals surface area contributed by atoms with Crippen molar-refractivity contribution in [1.82, 2.24) is 20.2 Å². The molecule has 1 atom stereocenters. The van der Waals surface area contributed by atoms with Crippen molar-refractivity contribution in [2.45, 2.75) is 19.3 Å². The highest BCUT2D eigenvalue weighted by Gasteiger charge is 2.27. The smallest absolute Gasteiger partial charge is 0.238 e. The summed E-state index contributed by atoms with van der Waals surface area (Å²) < 4.78 is 0. The summed E-state index contributed by atoms with van der Waals surface area (Å²) >= 11 is 0. The SMILES string of the molecule is CN1CCN(NC(=O)C2CCCN(CCC#N)C2)CC1. The standard InChI is InChI=1S/C14H25N5O/c1-17-8-10-19(11-9-17)16-14(20)13-4-2-6-18(12-13)7-3-5-15/h13H,2-4,6-12H2,1H3,(H,16,20). The molecule has 0 radical (unpaired) electrons. The van der Waals surface area contributed by atoms with Crippen molar-refractivity contribution in [3.05, 3.63) is 0 Å². The lowest BCUT2D eigenvalue weighted by Gasteiger charge is -2.35. The molecule has 1 amide bonds. The number of nitrogens with one attached hydrogen (secondary N) is 1. The van der Waals surface area contributed by atoms with Gasteiger partial charge in [-0.3, -0.25) is 10.2 Å². The lowest BCUT2D eigenvalue weighted by molar-refractivity contribution is -0.132. The van der Waals surface area contributed by atoms with Gasteiger partial charge in [0.1, 0.15) is 0 Å². The maximum atomic E-state index is 12.3. The maximum Gasteiger partial charge on any atom is 0.238 e. The van der Waals surface area contributed by atoms with Crippen LogP contribution in [0.15, 0.2) is 0 Å². The molecule has 2 aliphatic rings. The van der Waals surface area contributed by atoms with E-state index in [2.05, 4.69) is 28.3 Å². The van der Waals surface area contributed by atoms with Crippen LogP contribution in [0.25, 0.3) is 0 Å². The largest absolute Gasteiger partial charge is 0.304 e. The van der Waals surface area contributed by atoms with Gasteiger partial charge in [0.15, 0.2) is 0 Å². The summed E-state index contributed by atoms with van der Waals surface area (Å²) in [6.07, 6.45) is 2.56. The fraction of sp³-hybridized carbons (Fsp3) is 0.857. The van der Waals surface area contributed by atoms with Gasteiger partial charge in [0.2, 0.25) is 5.91 Å². The van der Waals surface area contributed by atoms with Gasteiger partial charge in [0.05, 0.1) is 12.0 Å². The van der Waals surface area contributed by atoms with Gasteiger partial charge < -0.3 is 9.80 Å². The van der Waals surface area contributed by atoms with Crippen LogP contribution in [0, 0.1) is 17.2 Å². The number of hydrogen-bond donors (Lipinski definition) is 1. The number of nitriles is 1. The second-order valence-electron chi connectivity index (χ2n) is 5.81. The average molecular weight is 279 g/mol. The Morgan fingerprint density at radius 2 is 2.05 bits per heavy atom. The van der Waals surface area contributed by atoms with Gasteiger partial charge in [-0.05, 0) is 26.4 Å². The van der Waals surface area contributed by atoms with Crippen molar-refractivity contribution in [1.29, 1.82) is 5.26 Å². The molecule has 0 spiro atoms. The molecule has 2 aliphatic heterocycles. The lowest BCUT2D eigenvalue weighted by atomic mass is 9.97. The fourth-order valence-electron chi connectivity index (χ4n) is 2.85. The zero-order valence-corrected chi connectivity index (χ0v) is 12.3. The van der Waals surface area contributed by atoms with Crippen LogP contribution in [0.5, 0.6) is 0 Å². The van der Waals surface area contributed by atoms with E-state index < -0.39 is 0 Å². The summed E-state index contributed by atoms with van der Waals surface area (Å²) in [5, 5.41) is 10.7. The highest BCUT2D eigenvalue weighted by Crippen LogP contribution is 2.17. The Labute approximate surface area is 121 Å². The highest BCUT2D eigenvalue weighted by molar-refractivity contribution is 5.78. The van der Waals surface area contributed by atoms with Crippen molar-refractivity contribution < 1.29 is 4.79 Å². The first kappa shape index (κ1) is 15.2. The van der Waals surface area contributed by atoms with Crippen LogP contribution in [0.3, 0.4) is 0 Å². The van der Waals surface area contributed by atoms with Crippen LogP contribution in [0.2, 0.25) is 0 Å². The minimum atomic E-state index is 0.0714. The summed E-state index contributed by atoms with van der Waals surface area (Å²) in [5.41, 5.74) is 3.06. The van der Waals surface area contributed by atoms with Crippen molar-refractivity contribution in [3.63, 3.8) is 0 Å². The topological polar surface area (TPSA) is 62.6 Å². The van der Waals surface area contributed by atoms with Crippen LogP contribution in [-0.4, -0.2) is 73.6 Å². The number of piperazine rings is 1. The number of likely N-dealkylation sites (tertiary alicyclic amines) is 1. The summed E-state index contributed by atoms with van der Waals surface area (Å²) in [4.78, 5) is 16.8. The van der Waals surface area contributed by atoms with Gasteiger partial charge in [-0.25, -0.2) is 5.01 Å². The fourth-order valence-corrected chi connectivity index (χ4v) is 2.85. The van der Waals surface area contributed by atoms with Crippen LogP contribution in [0.4, 0.5) is 0 Å². The molecule has 2 fully saturated rings. The van der Waals surface area contributed by atoms with Gasteiger partial charge in [-0.2, -0.15) is 5.26 Å². The number of hydrogen-bond acceptors (Lipinski definition) is 5. The Hall–Kier alpha value is -1.16. The molecule has 0 saturated carbocycles. The zero-order chi connectivity index (χ0) is 14.4. The third kappa shape index (κ3) is 4.44. The predicted octanol–water partition coefficient (Wildman–Crippen LogP) is -0.109. The molecular weight excluding hydrogens is 254 g/mol. The Kier molecular flexibility index (Phi) is 5.77. The summed E-state index contributed by atoms with van der Waals surface area (Å²) in [6.45, 7) is 6.38. The van der Waals surface area contributed by atoms with E-state index in [1.54, 1.807) is 0 Å². The van der Waals surface area contributed by atoms with Crippen molar-refractivity contribution in [2.75, 3.05) is 52.9 Å². The zero-order valence-electron chi connectivity index (χ0n) is 12.3. The molecule has 0 bridgehead atoms. The van der Waals surface area contributed by atoms with Gasteiger partial charge in [-0.15, -0.1) is 0 Å². The second kappa shape index (κ2) is 7.58. The summed E-state index contributed by atoms with van der Waals surface area (Å²) in [6, 6.07) is 2.17. The Balaban J connectivity index is 1.75. The van der Waals surface area contributed by atoms with Crippen LogP contribution in [0.1, 0.15) is 19.3 Å². The molecule has 0 aromatic rings. The van der Waals surface area contributed by atoms with Gasteiger partial charge in [-0.1, -0.05) is 0 Å². The predicted molar refractivity (Wildman–Crippen MR) is 76.6 cm³/mol. The van der Waals surface area contributed by atoms with Crippen LogP contribution in [-0.2, 0) is 4.79 Å². The third-order valence-electron chi connectivity index (χ3n) is 4.19. The van der Waals surface area contributed by atoms with E-state index in [1.165, 1.54) is 0 Å². The first-order valence-electron chi connectivity index (χ1n) is 7.52. The Morgan fingerprint density at radius 3 is 2.75 bits per heavy atom. The molecule has 2 rings (SSSR count).